The summed E-state index contributed by atoms with van der Waals surface area (Å²) in [5.74, 6) is 1.53. The summed E-state index contributed by atoms with van der Waals surface area (Å²) in [4.78, 5) is 17.8. The molecule has 28 heavy (non-hydrogen) atoms. The zero-order valence-electron chi connectivity index (χ0n) is 16.1. The number of ether oxygens (including phenoxy) is 2. The molecular formula is C22H25N3O3. The van der Waals surface area contributed by atoms with Gasteiger partial charge in [-0.3, -0.25) is 4.79 Å². The van der Waals surface area contributed by atoms with E-state index >= 15 is 0 Å². The molecule has 1 saturated carbocycles. The second kappa shape index (κ2) is 6.71. The van der Waals surface area contributed by atoms with Crippen LogP contribution in [0, 0.1) is 0 Å². The predicted octanol–water partition coefficient (Wildman–Crippen LogP) is 2.84. The number of nitrogens with one attached hydrogen (secondary N) is 1. The topological polar surface area (TPSA) is 54.0 Å². The van der Waals surface area contributed by atoms with Crippen molar-refractivity contribution in [3.05, 3.63) is 48.0 Å². The molecule has 1 saturated heterocycles. The van der Waals surface area contributed by atoms with E-state index in [9.17, 15) is 4.79 Å². The molecule has 2 aromatic rings. The fraction of sp³-hybridized carbons (Fsp3) is 0.409. The minimum Gasteiger partial charge on any atom is -0.454 e. The van der Waals surface area contributed by atoms with Crippen molar-refractivity contribution in [1.29, 1.82) is 0 Å². The van der Waals surface area contributed by atoms with Crippen LogP contribution >= 0.6 is 0 Å². The quantitative estimate of drug-likeness (QED) is 0.885. The van der Waals surface area contributed by atoms with Crippen LogP contribution in [0.5, 0.6) is 11.5 Å². The molecule has 2 aliphatic heterocycles. The van der Waals surface area contributed by atoms with Crippen LogP contribution in [0.3, 0.4) is 0 Å². The van der Waals surface area contributed by atoms with Gasteiger partial charge in [0.25, 0.3) is 0 Å². The Morgan fingerprint density at radius 1 is 0.964 bits per heavy atom. The molecule has 2 aromatic carbocycles. The highest BCUT2D eigenvalue weighted by atomic mass is 16.7. The van der Waals surface area contributed by atoms with Gasteiger partial charge in [-0.05, 0) is 61.9 Å². The lowest BCUT2D eigenvalue weighted by atomic mass is 9.94. The van der Waals surface area contributed by atoms with Crippen LogP contribution in [0.1, 0.15) is 18.4 Å². The lowest BCUT2D eigenvalue weighted by Gasteiger charge is -2.34. The van der Waals surface area contributed by atoms with Crippen LogP contribution < -0.4 is 19.7 Å². The molecule has 2 heterocycles. The van der Waals surface area contributed by atoms with Crippen LogP contribution in [-0.2, 0) is 10.2 Å². The molecule has 5 rings (SSSR count). The third-order valence-electron chi connectivity index (χ3n) is 6.10. The lowest BCUT2D eigenvalue weighted by molar-refractivity contribution is -0.118. The molecule has 1 N–H and O–H groups in total. The molecule has 6 heteroatoms. The zero-order valence-corrected chi connectivity index (χ0v) is 16.1. The number of hydrogen-bond acceptors (Lipinski definition) is 5. The highest BCUT2D eigenvalue weighted by Gasteiger charge is 2.51. The Morgan fingerprint density at radius 3 is 2.39 bits per heavy atom. The molecule has 0 bridgehead atoms. The monoisotopic (exact) mass is 379 g/mol. The summed E-state index contributed by atoms with van der Waals surface area (Å²) in [5.41, 5.74) is 2.61. The van der Waals surface area contributed by atoms with Gasteiger partial charge in [0.2, 0.25) is 12.7 Å². The fourth-order valence-corrected chi connectivity index (χ4v) is 4.04. The highest BCUT2D eigenvalue weighted by Crippen LogP contribution is 2.51. The molecule has 2 fully saturated rings. The Morgan fingerprint density at radius 2 is 1.68 bits per heavy atom. The highest BCUT2D eigenvalue weighted by molar-refractivity contribution is 6.01. The van der Waals surface area contributed by atoms with Crippen LogP contribution in [0.2, 0.25) is 0 Å². The number of rotatable bonds is 4. The first kappa shape index (κ1) is 17.4. The maximum Gasteiger partial charge on any atom is 0.235 e. The summed E-state index contributed by atoms with van der Waals surface area (Å²) in [7, 11) is 2.16. The van der Waals surface area contributed by atoms with Gasteiger partial charge in [-0.1, -0.05) is 6.07 Å². The third-order valence-corrected chi connectivity index (χ3v) is 6.10. The Balaban J connectivity index is 1.28. The second-order valence-corrected chi connectivity index (χ2v) is 7.94. The van der Waals surface area contributed by atoms with E-state index in [0.717, 1.165) is 61.8 Å². The van der Waals surface area contributed by atoms with E-state index in [4.69, 9.17) is 9.47 Å². The van der Waals surface area contributed by atoms with E-state index in [1.165, 1.54) is 5.69 Å². The van der Waals surface area contributed by atoms with Crippen LogP contribution in [0.4, 0.5) is 11.4 Å². The second-order valence-electron chi connectivity index (χ2n) is 7.94. The van der Waals surface area contributed by atoms with Gasteiger partial charge in [0, 0.05) is 37.6 Å². The van der Waals surface area contributed by atoms with Crippen molar-refractivity contribution in [3.63, 3.8) is 0 Å². The van der Waals surface area contributed by atoms with Gasteiger partial charge in [0.1, 0.15) is 0 Å². The van der Waals surface area contributed by atoms with E-state index in [1.807, 2.05) is 30.3 Å². The smallest absolute Gasteiger partial charge is 0.235 e. The molecule has 3 aliphatic rings. The van der Waals surface area contributed by atoms with Crippen LogP contribution in [-0.4, -0.2) is 50.8 Å². The molecule has 1 amide bonds. The zero-order chi connectivity index (χ0) is 19.1. The Hall–Kier alpha value is -2.73. The first-order chi connectivity index (χ1) is 13.6. The van der Waals surface area contributed by atoms with Gasteiger partial charge in [-0.15, -0.1) is 0 Å². The maximum atomic E-state index is 13.0. The number of piperazine rings is 1. The minimum atomic E-state index is -0.447. The van der Waals surface area contributed by atoms with Crippen molar-refractivity contribution in [2.45, 2.75) is 18.3 Å². The molecular weight excluding hydrogens is 354 g/mol. The Kier molecular flexibility index (Phi) is 4.16. The van der Waals surface area contributed by atoms with E-state index in [-0.39, 0.29) is 12.7 Å². The largest absolute Gasteiger partial charge is 0.454 e. The molecule has 0 spiro atoms. The molecule has 146 valence electrons. The summed E-state index contributed by atoms with van der Waals surface area (Å²) < 4.78 is 10.9. The Bertz CT molecular complexity index is 884. The van der Waals surface area contributed by atoms with Crippen molar-refractivity contribution < 1.29 is 14.3 Å². The van der Waals surface area contributed by atoms with Gasteiger partial charge in [-0.2, -0.15) is 0 Å². The van der Waals surface area contributed by atoms with Gasteiger partial charge in [-0.25, -0.2) is 0 Å². The normalized spacial score (nSPS) is 20.1. The number of anilines is 2. The van der Waals surface area contributed by atoms with Gasteiger partial charge >= 0.3 is 0 Å². The van der Waals surface area contributed by atoms with Crippen molar-refractivity contribution in [2.24, 2.45) is 0 Å². The molecule has 1 aliphatic carbocycles. The molecule has 0 radical (unpaired) electrons. The number of benzene rings is 2. The number of carbonyl (C=O) groups is 1. The van der Waals surface area contributed by atoms with Crippen molar-refractivity contribution >= 4 is 17.3 Å². The van der Waals surface area contributed by atoms with E-state index < -0.39 is 5.41 Å². The van der Waals surface area contributed by atoms with E-state index in [0.29, 0.717) is 0 Å². The molecule has 6 nitrogen and oxygen atoms in total. The van der Waals surface area contributed by atoms with Gasteiger partial charge < -0.3 is 24.6 Å². The van der Waals surface area contributed by atoms with E-state index in [1.54, 1.807) is 0 Å². The first-order valence-corrected chi connectivity index (χ1v) is 9.89. The minimum absolute atomic E-state index is 0.0544. The number of likely N-dealkylation sites (N-methyl/N-ethyl adjacent to an activating group) is 1. The van der Waals surface area contributed by atoms with Gasteiger partial charge in [0.15, 0.2) is 11.5 Å². The summed E-state index contributed by atoms with van der Waals surface area (Å²) in [6.45, 7) is 4.48. The van der Waals surface area contributed by atoms with Crippen molar-refractivity contribution in [1.82, 2.24) is 4.90 Å². The lowest BCUT2D eigenvalue weighted by Crippen LogP contribution is -2.44. The summed E-state index contributed by atoms with van der Waals surface area (Å²) in [5, 5.41) is 3.11. The summed E-state index contributed by atoms with van der Waals surface area (Å²) in [6.07, 6.45) is 1.72. The number of amides is 1. The third kappa shape index (κ3) is 3.07. The SMILES string of the molecule is CN1CCN(c2ccc(NC(=O)C3(c4ccc5c(c4)OCO5)CC3)cc2)CC1. The predicted molar refractivity (Wildman–Crippen MR) is 108 cm³/mol. The average molecular weight is 379 g/mol. The first-order valence-electron chi connectivity index (χ1n) is 9.89. The summed E-state index contributed by atoms with van der Waals surface area (Å²) >= 11 is 0. The standard InChI is InChI=1S/C22H25N3O3/c1-24-10-12-25(13-11-24)18-5-3-17(4-6-18)23-21(26)22(8-9-22)16-2-7-19-20(14-16)28-15-27-19/h2-7,14H,8-13,15H2,1H3,(H,23,26). The van der Waals surface area contributed by atoms with Gasteiger partial charge in [0.05, 0.1) is 5.41 Å². The molecule has 0 atom stereocenters. The fourth-order valence-electron chi connectivity index (χ4n) is 4.04. The van der Waals surface area contributed by atoms with Crippen molar-refractivity contribution in [3.8, 4) is 11.5 Å². The Labute approximate surface area is 165 Å². The summed E-state index contributed by atoms with van der Waals surface area (Å²) in [6, 6.07) is 14.0. The molecule has 0 aromatic heterocycles. The van der Waals surface area contributed by atoms with Crippen molar-refractivity contribution in [2.75, 3.05) is 50.2 Å². The number of nitrogens with zero attached hydrogens (tertiary/aromatic N) is 2. The number of fused-ring (bicyclic) bond motifs is 1. The maximum absolute atomic E-state index is 13.0. The number of carbonyl (C=O) groups excluding carboxylic acids is 1. The van der Waals surface area contributed by atoms with Crippen LogP contribution in [0.15, 0.2) is 42.5 Å². The van der Waals surface area contributed by atoms with Crippen LogP contribution in [0.25, 0.3) is 0 Å². The average Bonchev–Trinajstić information content (AvgIpc) is 3.40. The van der Waals surface area contributed by atoms with E-state index in [2.05, 4.69) is 34.3 Å². The molecule has 0 unspecified atom stereocenters. The number of hydrogen-bond donors (Lipinski definition) is 1.